The molecule has 0 amide bonds. The van der Waals surface area contributed by atoms with Gasteiger partial charge in [0.05, 0.1) is 24.1 Å². The van der Waals surface area contributed by atoms with Gasteiger partial charge in [0.2, 0.25) is 5.88 Å². The van der Waals surface area contributed by atoms with Crippen molar-refractivity contribution >= 4 is 22.4 Å². The number of hydrogen-bond acceptors (Lipinski definition) is 9. The minimum absolute atomic E-state index is 0.132. The Labute approximate surface area is 210 Å². The van der Waals surface area contributed by atoms with Gasteiger partial charge in [-0.1, -0.05) is 38.6 Å². The summed E-state index contributed by atoms with van der Waals surface area (Å²) in [6, 6.07) is 13.0. The maximum Gasteiger partial charge on any atom is 0.230 e. The van der Waals surface area contributed by atoms with Crippen LogP contribution in [0.15, 0.2) is 65.7 Å². The summed E-state index contributed by atoms with van der Waals surface area (Å²) in [4.78, 5) is 8.72. The van der Waals surface area contributed by atoms with Crippen molar-refractivity contribution in [1.82, 2.24) is 15.1 Å². The lowest BCUT2D eigenvalue weighted by Gasteiger charge is -2.14. The molecule has 4 aromatic rings. The first-order valence-corrected chi connectivity index (χ1v) is 11.8. The Morgan fingerprint density at radius 1 is 0.972 bits per heavy atom. The first-order valence-electron chi connectivity index (χ1n) is 11.8. The molecule has 2 heterocycles. The van der Waals surface area contributed by atoms with Gasteiger partial charge in [-0.05, 0) is 32.0 Å². The Kier molecular flexibility index (Phi) is 7.28. The molecule has 4 rings (SSSR count). The summed E-state index contributed by atoms with van der Waals surface area (Å²) in [6.45, 7) is 15.1. The third-order valence-electron chi connectivity index (χ3n) is 5.14. The summed E-state index contributed by atoms with van der Waals surface area (Å²) < 4.78 is 23.0. The van der Waals surface area contributed by atoms with Crippen LogP contribution in [0.4, 0.5) is 11.5 Å². The van der Waals surface area contributed by atoms with Gasteiger partial charge in [0.15, 0.2) is 17.3 Å². The van der Waals surface area contributed by atoms with Crippen LogP contribution < -0.4 is 24.8 Å². The fourth-order valence-electron chi connectivity index (χ4n) is 3.45. The SMILES string of the molecule is C=C(Nc1cccc(Oc2ncnc3cc(OCC)c(OCC)cc23)c1)Nc1cc(C(C)(C)C)on1. The summed E-state index contributed by atoms with van der Waals surface area (Å²) >= 11 is 0. The van der Waals surface area contributed by atoms with E-state index in [1.165, 1.54) is 6.33 Å². The smallest absolute Gasteiger partial charge is 0.230 e. The first kappa shape index (κ1) is 24.8. The van der Waals surface area contributed by atoms with E-state index in [2.05, 4.69) is 53.1 Å². The van der Waals surface area contributed by atoms with E-state index in [0.717, 1.165) is 16.8 Å². The van der Waals surface area contributed by atoms with Gasteiger partial charge in [-0.15, -0.1) is 0 Å². The average Bonchev–Trinajstić information content (AvgIpc) is 3.29. The van der Waals surface area contributed by atoms with E-state index in [0.29, 0.717) is 53.5 Å². The zero-order valence-corrected chi connectivity index (χ0v) is 21.2. The van der Waals surface area contributed by atoms with Crippen molar-refractivity contribution in [2.45, 2.75) is 40.0 Å². The monoisotopic (exact) mass is 489 g/mol. The van der Waals surface area contributed by atoms with Crippen LogP contribution in [0, 0.1) is 0 Å². The third kappa shape index (κ3) is 5.86. The number of ether oxygens (including phenoxy) is 3. The fourth-order valence-corrected chi connectivity index (χ4v) is 3.45. The molecule has 0 aliphatic heterocycles. The van der Waals surface area contributed by atoms with E-state index >= 15 is 0 Å². The van der Waals surface area contributed by atoms with Crippen LogP contribution in [0.25, 0.3) is 10.9 Å². The lowest BCUT2D eigenvalue weighted by atomic mass is 9.93. The van der Waals surface area contributed by atoms with Gasteiger partial charge in [-0.3, -0.25) is 0 Å². The van der Waals surface area contributed by atoms with Crippen LogP contribution in [0.5, 0.6) is 23.1 Å². The molecule has 0 aliphatic carbocycles. The quantitative estimate of drug-likeness (QED) is 0.258. The lowest BCUT2D eigenvalue weighted by molar-refractivity contribution is 0.288. The average molecular weight is 490 g/mol. The lowest BCUT2D eigenvalue weighted by Crippen LogP contribution is -2.10. The van der Waals surface area contributed by atoms with E-state index in [1.807, 2.05) is 56.3 Å². The normalized spacial score (nSPS) is 11.2. The number of nitrogens with one attached hydrogen (secondary N) is 2. The highest BCUT2D eigenvalue weighted by molar-refractivity contribution is 5.87. The molecule has 0 atom stereocenters. The van der Waals surface area contributed by atoms with Gasteiger partial charge in [0, 0.05) is 29.3 Å². The topological polar surface area (TPSA) is 104 Å². The van der Waals surface area contributed by atoms with Gasteiger partial charge in [0.1, 0.15) is 23.7 Å². The Hall–Kier alpha value is -4.27. The molecule has 2 N–H and O–H groups in total. The molecule has 0 unspecified atom stereocenters. The molecule has 0 bridgehead atoms. The van der Waals surface area contributed by atoms with Crippen molar-refractivity contribution in [2.75, 3.05) is 23.8 Å². The molecule has 0 radical (unpaired) electrons. The summed E-state index contributed by atoms with van der Waals surface area (Å²) in [5.41, 5.74) is 1.34. The van der Waals surface area contributed by atoms with Crippen LogP contribution in [-0.4, -0.2) is 28.3 Å². The highest BCUT2D eigenvalue weighted by Gasteiger charge is 2.20. The Bertz CT molecular complexity index is 1360. The van der Waals surface area contributed by atoms with Gasteiger partial charge in [-0.25, -0.2) is 9.97 Å². The molecule has 36 heavy (non-hydrogen) atoms. The summed E-state index contributed by atoms with van der Waals surface area (Å²) in [7, 11) is 0. The van der Waals surface area contributed by atoms with Crippen molar-refractivity contribution in [3.05, 3.63) is 67.0 Å². The van der Waals surface area contributed by atoms with Crippen molar-refractivity contribution in [3.8, 4) is 23.1 Å². The largest absolute Gasteiger partial charge is 0.490 e. The third-order valence-corrected chi connectivity index (χ3v) is 5.14. The number of rotatable bonds is 10. The van der Waals surface area contributed by atoms with Gasteiger partial charge < -0.3 is 29.4 Å². The Morgan fingerprint density at radius 2 is 1.72 bits per heavy atom. The number of benzene rings is 2. The number of aromatic nitrogens is 3. The summed E-state index contributed by atoms with van der Waals surface area (Å²) in [5.74, 6) is 4.16. The zero-order valence-electron chi connectivity index (χ0n) is 21.2. The van der Waals surface area contributed by atoms with E-state index in [1.54, 1.807) is 0 Å². The van der Waals surface area contributed by atoms with Crippen molar-refractivity contribution in [3.63, 3.8) is 0 Å². The van der Waals surface area contributed by atoms with Gasteiger partial charge in [-0.2, -0.15) is 0 Å². The predicted octanol–water partition coefficient (Wildman–Crippen LogP) is 6.50. The van der Waals surface area contributed by atoms with E-state index in [-0.39, 0.29) is 5.41 Å². The Morgan fingerprint density at radius 3 is 2.42 bits per heavy atom. The second kappa shape index (κ2) is 10.6. The molecule has 0 saturated heterocycles. The molecule has 0 saturated carbocycles. The molecule has 9 nitrogen and oxygen atoms in total. The molecule has 9 heteroatoms. The van der Waals surface area contributed by atoms with Crippen LogP contribution in [0.1, 0.15) is 40.4 Å². The number of anilines is 2. The molecule has 0 spiro atoms. The van der Waals surface area contributed by atoms with Crippen LogP contribution in [0.3, 0.4) is 0 Å². The maximum atomic E-state index is 6.14. The van der Waals surface area contributed by atoms with Crippen LogP contribution >= 0.6 is 0 Å². The van der Waals surface area contributed by atoms with E-state index in [4.69, 9.17) is 18.7 Å². The minimum Gasteiger partial charge on any atom is -0.490 e. The van der Waals surface area contributed by atoms with Crippen molar-refractivity contribution < 1.29 is 18.7 Å². The predicted molar refractivity (Wildman–Crippen MR) is 140 cm³/mol. The van der Waals surface area contributed by atoms with E-state index < -0.39 is 0 Å². The van der Waals surface area contributed by atoms with Crippen LogP contribution in [0.2, 0.25) is 0 Å². The second-order valence-corrected chi connectivity index (χ2v) is 9.05. The molecular weight excluding hydrogens is 458 g/mol. The van der Waals surface area contributed by atoms with Crippen molar-refractivity contribution in [2.24, 2.45) is 0 Å². The molecule has 0 fully saturated rings. The fraction of sp³-hybridized carbons (Fsp3) is 0.296. The highest BCUT2D eigenvalue weighted by atomic mass is 16.5. The van der Waals surface area contributed by atoms with Gasteiger partial charge in [0.25, 0.3) is 0 Å². The highest BCUT2D eigenvalue weighted by Crippen LogP contribution is 2.36. The minimum atomic E-state index is -0.132. The van der Waals surface area contributed by atoms with E-state index in [9.17, 15) is 0 Å². The number of hydrogen-bond donors (Lipinski definition) is 2. The number of nitrogens with zero attached hydrogens (tertiary/aromatic N) is 3. The summed E-state index contributed by atoms with van der Waals surface area (Å²) in [6.07, 6.45) is 1.46. The standard InChI is InChI=1S/C27H31N5O4/c1-7-33-22-13-20-21(14-23(22)34-8-2)28-16-29-26(20)35-19-11-9-10-18(12-19)30-17(3)31-25-15-24(36-32-25)27(4,5)6/h9-16,30H,3,7-8H2,1-2,4-6H3,(H,31,32). The molecule has 2 aromatic heterocycles. The maximum absolute atomic E-state index is 6.14. The molecule has 2 aromatic carbocycles. The first-order chi connectivity index (χ1) is 17.3. The van der Waals surface area contributed by atoms with Crippen molar-refractivity contribution in [1.29, 1.82) is 0 Å². The molecular formula is C27H31N5O4. The Balaban J connectivity index is 1.51. The molecule has 188 valence electrons. The summed E-state index contributed by atoms with van der Waals surface area (Å²) in [5, 5.41) is 11.1. The second-order valence-electron chi connectivity index (χ2n) is 9.05. The van der Waals surface area contributed by atoms with Crippen LogP contribution in [-0.2, 0) is 5.41 Å². The van der Waals surface area contributed by atoms with Gasteiger partial charge >= 0.3 is 0 Å². The number of fused-ring (bicyclic) bond motifs is 1. The zero-order chi connectivity index (χ0) is 25.7. The molecule has 0 aliphatic rings.